The van der Waals surface area contributed by atoms with E-state index < -0.39 is 0 Å². The molecule has 1 unspecified atom stereocenters. The second-order valence-corrected chi connectivity index (χ2v) is 8.08. The van der Waals surface area contributed by atoms with Crippen LogP contribution in [-0.4, -0.2) is 26.4 Å². The largest absolute Gasteiger partial charge is 0.370 e. The van der Waals surface area contributed by atoms with Crippen molar-refractivity contribution in [3.63, 3.8) is 0 Å². The summed E-state index contributed by atoms with van der Waals surface area (Å²) in [6.45, 7) is 6.74. The Morgan fingerprint density at radius 2 is 2.00 bits per heavy atom. The number of aryl methyl sites for hydroxylation is 1. The monoisotopic (exact) mass is 381 g/mol. The highest BCUT2D eigenvalue weighted by Gasteiger charge is 2.31. The Morgan fingerprint density at radius 1 is 1.26 bits per heavy atom. The van der Waals surface area contributed by atoms with Gasteiger partial charge in [0, 0.05) is 12.0 Å². The average Bonchev–Trinajstić information content (AvgIpc) is 2.67. The SMILES string of the molecule is CCC1(C)Cc2nc3nc(SC)n(-c4ccc(C)cc4)c(=O)c3cc2CO1. The van der Waals surface area contributed by atoms with E-state index in [0.717, 1.165) is 35.3 Å². The highest BCUT2D eigenvalue weighted by atomic mass is 32.2. The Labute approximate surface area is 162 Å². The Bertz CT molecular complexity index is 1080. The molecule has 1 aromatic carbocycles. The summed E-state index contributed by atoms with van der Waals surface area (Å²) in [5.41, 5.74) is 4.17. The molecular formula is C21H23N3O2S. The number of hydrogen-bond acceptors (Lipinski definition) is 5. The van der Waals surface area contributed by atoms with Crippen LogP contribution in [0.5, 0.6) is 0 Å². The number of pyridine rings is 1. The zero-order valence-electron chi connectivity index (χ0n) is 16.1. The fraction of sp³-hybridized carbons (Fsp3) is 0.381. The third-order valence-corrected chi connectivity index (χ3v) is 5.98. The summed E-state index contributed by atoms with van der Waals surface area (Å²) in [6.07, 6.45) is 3.59. The molecule has 1 atom stereocenters. The lowest BCUT2D eigenvalue weighted by Crippen LogP contribution is -2.35. The first-order valence-electron chi connectivity index (χ1n) is 9.14. The molecule has 140 valence electrons. The van der Waals surface area contributed by atoms with Crippen molar-refractivity contribution in [1.82, 2.24) is 14.5 Å². The lowest BCUT2D eigenvalue weighted by molar-refractivity contribution is -0.0573. The quantitative estimate of drug-likeness (QED) is 0.506. The van der Waals surface area contributed by atoms with E-state index in [2.05, 4.69) is 13.8 Å². The number of benzene rings is 1. The molecule has 0 bridgehead atoms. The van der Waals surface area contributed by atoms with Crippen molar-refractivity contribution in [2.45, 2.75) is 51.0 Å². The standard InChI is InChI=1S/C21H23N3O2S/c1-5-21(3)11-17-14(12-26-21)10-16-18(22-17)23-20(27-4)24(19(16)25)15-8-6-13(2)7-9-15/h6-10H,5,11-12H2,1-4H3. The van der Waals surface area contributed by atoms with Crippen molar-refractivity contribution in [1.29, 1.82) is 0 Å². The second-order valence-electron chi connectivity index (χ2n) is 7.31. The van der Waals surface area contributed by atoms with Crippen LogP contribution < -0.4 is 5.56 Å². The van der Waals surface area contributed by atoms with Gasteiger partial charge in [0.05, 0.1) is 29.0 Å². The molecule has 0 aliphatic carbocycles. The summed E-state index contributed by atoms with van der Waals surface area (Å²) in [4.78, 5) is 22.8. The number of rotatable bonds is 3. The van der Waals surface area contributed by atoms with Gasteiger partial charge in [-0.05, 0) is 44.7 Å². The predicted octanol–water partition coefficient (Wildman–Crippen LogP) is 4.05. The lowest BCUT2D eigenvalue weighted by atomic mass is 9.91. The van der Waals surface area contributed by atoms with Crippen LogP contribution in [0.3, 0.4) is 0 Å². The molecule has 2 aromatic heterocycles. The molecule has 0 amide bonds. The number of ether oxygens (including phenoxy) is 1. The fourth-order valence-corrected chi connectivity index (χ4v) is 3.94. The Kier molecular flexibility index (Phi) is 4.56. The van der Waals surface area contributed by atoms with Crippen molar-refractivity contribution in [2.75, 3.05) is 6.26 Å². The Morgan fingerprint density at radius 3 is 2.67 bits per heavy atom. The van der Waals surface area contributed by atoms with Crippen molar-refractivity contribution >= 4 is 22.8 Å². The summed E-state index contributed by atoms with van der Waals surface area (Å²) >= 11 is 1.45. The van der Waals surface area contributed by atoms with Gasteiger partial charge < -0.3 is 4.74 Å². The van der Waals surface area contributed by atoms with Crippen LogP contribution in [0.1, 0.15) is 37.1 Å². The van der Waals surface area contributed by atoms with Gasteiger partial charge in [-0.3, -0.25) is 9.36 Å². The van der Waals surface area contributed by atoms with E-state index >= 15 is 0 Å². The maximum atomic E-state index is 13.3. The van der Waals surface area contributed by atoms with E-state index in [9.17, 15) is 4.79 Å². The van der Waals surface area contributed by atoms with E-state index in [4.69, 9.17) is 14.7 Å². The van der Waals surface area contributed by atoms with Gasteiger partial charge in [0.1, 0.15) is 0 Å². The van der Waals surface area contributed by atoms with Gasteiger partial charge in [0.15, 0.2) is 10.8 Å². The van der Waals surface area contributed by atoms with Crippen LogP contribution in [0.4, 0.5) is 0 Å². The maximum absolute atomic E-state index is 13.3. The van der Waals surface area contributed by atoms with Gasteiger partial charge in [-0.15, -0.1) is 0 Å². The smallest absolute Gasteiger partial charge is 0.268 e. The molecule has 1 aliphatic heterocycles. The van der Waals surface area contributed by atoms with Crippen LogP contribution in [0, 0.1) is 6.92 Å². The first-order valence-corrected chi connectivity index (χ1v) is 10.4. The summed E-state index contributed by atoms with van der Waals surface area (Å²) in [6, 6.07) is 9.81. The molecule has 0 saturated heterocycles. The van der Waals surface area contributed by atoms with Gasteiger partial charge in [-0.2, -0.15) is 0 Å². The summed E-state index contributed by atoms with van der Waals surface area (Å²) in [7, 11) is 0. The zero-order valence-corrected chi connectivity index (χ0v) is 16.9. The lowest BCUT2D eigenvalue weighted by Gasteiger charge is -2.33. The van der Waals surface area contributed by atoms with Crippen LogP contribution >= 0.6 is 11.8 Å². The van der Waals surface area contributed by atoms with Gasteiger partial charge in [0.2, 0.25) is 0 Å². The first-order chi connectivity index (χ1) is 12.9. The third-order valence-electron chi connectivity index (χ3n) is 5.34. The number of hydrogen-bond donors (Lipinski definition) is 0. The second kappa shape index (κ2) is 6.77. The average molecular weight is 382 g/mol. The predicted molar refractivity (Wildman–Crippen MR) is 109 cm³/mol. The van der Waals surface area contributed by atoms with E-state index in [1.807, 2.05) is 43.5 Å². The van der Waals surface area contributed by atoms with Crippen LogP contribution in [0.25, 0.3) is 16.7 Å². The minimum Gasteiger partial charge on any atom is -0.370 e. The van der Waals surface area contributed by atoms with Gasteiger partial charge in [0.25, 0.3) is 5.56 Å². The normalized spacial score (nSPS) is 19.3. The summed E-state index contributed by atoms with van der Waals surface area (Å²) in [5, 5.41) is 1.19. The molecule has 0 N–H and O–H groups in total. The molecule has 0 radical (unpaired) electrons. The Hall–Kier alpha value is -2.18. The molecule has 3 heterocycles. The number of aromatic nitrogens is 3. The fourth-order valence-electron chi connectivity index (χ4n) is 3.39. The van der Waals surface area contributed by atoms with Gasteiger partial charge in [-0.1, -0.05) is 36.4 Å². The van der Waals surface area contributed by atoms with Crippen molar-refractivity contribution in [3.05, 3.63) is 57.5 Å². The zero-order chi connectivity index (χ0) is 19.2. The van der Waals surface area contributed by atoms with Crippen LogP contribution in [0.15, 0.2) is 40.3 Å². The van der Waals surface area contributed by atoms with Crippen molar-refractivity contribution < 1.29 is 4.74 Å². The summed E-state index contributed by atoms with van der Waals surface area (Å²) < 4.78 is 7.70. The topological polar surface area (TPSA) is 57.0 Å². The van der Waals surface area contributed by atoms with Crippen molar-refractivity contribution in [3.8, 4) is 5.69 Å². The van der Waals surface area contributed by atoms with Crippen LogP contribution in [-0.2, 0) is 17.8 Å². The van der Waals surface area contributed by atoms with Crippen molar-refractivity contribution in [2.24, 2.45) is 0 Å². The maximum Gasteiger partial charge on any atom is 0.268 e. The van der Waals surface area contributed by atoms with Gasteiger partial charge >= 0.3 is 0 Å². The molecule has 0 spiro atoms. The molecule has 0 saturated carbocycles. The molecular weight excluding hydrogens is 358 g/mol. The van der Waals surface area contributed by atoms with Crippen LogP contribution in [0.2, 0.25) is 0 Å². The number of fused-ring (bicyclic) bond motifs is 2. The number of thioether (sulfide) groups is 1. The molecule has 6 heteroatoms. The third kappa shape index (κ3) is 3.17. The number of nitrogens with zero attached hydrogens (tertiary/aromatic N) is 3. The van der Waals surface area contributed by atoms with E-state index in [1.165, 1.54) is 11.8 Å². The van der Waals surface area contributed by atoms with E-state index in [0.29, 0.717) is 22.8 Å². The first kappa shape index (κ1) is 18.2. The molecule has 3 aromatic rings. The molecule has 1 aliphatic rings. The minimum absolute atomic E-state index is 0.0904. The molecule has 27 heavy (non-hydrogen) atoms. The van der Waals surface area contributed by atoms with E-state index in [1.54, 1.807) is 4.57 Å². The van der Waals surface area contributed by atoms with Gasteiger partial charge in [-0.25, -0.2) is 9.97 Å². The highest BCUT2D eigenvalue weighted by Crippen LogP contribution is 2.31. The molecule has 4 rings (SSSR count). The Balaban J connectivity index is 1.93. The molecule has 5 nitrogen and oxygen atoms in total. The summed E-state index contributed by atoms with van der Waals surface area (Å²) in [5.74, 6) is 0. The highest BCUT2D eigenvalue weighted by molar-refractivity contribution is 7.98. The van der Waals surface area contributed by atoms with E-state index in [-0.39, 0.29) is 11.2 Å². The minimum atomic E-state index is -0.201. The molecule has 0 fully saturated rings.